The van der Waals surface area contributed by atoms with E-state index in [9.17, 15) is 13.6 Å². The molecule has 4 N–H and O–H groups in total. The molecule has 6 aromatic rings. The molecule has 24 rings (SSSR count). The first-order valence-corrected chi connectivity index (χ1v) is 41.9. The Morgan fingerprint density at radius 3 is 1.15 bits per heavy atom. The van der Waals surface area contributed by atoms with Crippen molar-refractivity contribution in [2.75, 3.05) is 78.3 Å². The first kappa shape index (κ1) is 71.0. The average molecular weight is 1540 g/mol. The lowest BCUT2D eigenvalue weighted by atomic mass is 9.48. The molecule has 106 heavy (non-hydrogen) atoms. The molecule has 3 saturated heterocycles. The zero-order valence-corrected chi connectivity index (χ0v) is 65.4. The molecule has 6 aliphatic heterocycles. The molecule has 12 aliphatic carbocycles. The summed E-state index contributed by atoms with van der Waals surface area (Å²) in [5.74, 6) is 2.91. The molecule has 3 aromatic carbocycles. The van der Waals surface area contributed by atoms with Gasteiger partial charge in [-0.1, -0.05) is 95.4 Å². The number of amides is 1. The van der Waals surface area contributed by atoms with Crippen LogP contribution in [0.3, 0.4) is 0 Å². The SMILES string of the molecule is C[C@@H]1CC2=C(Cc3ccccc32)[C@@H](c2ccc(N3CC(N)C3)cn2)N1C12CC(C1)C2.C[C@@H]1CC2=C(Cc3ccccc32)[C@@H](c2ccc(N3CC(NC(=O)OC(C)(C)C)C3)cn2)N1C12CC(C1)C2.C[C@@H]1CC2=C(Cc3ccccc32)[C@@H](c2ccc(N3CC(NCCCF)C3)cn2)N1C12CC(C1)C2.FCCCI. The molecule has 6 atom stereocenters. The molecule has 558 valence electrons. The molecule has 0 unspecified atom stereocenters. The molecule has 9 heterocycles. The average Bonchev–Trinajstić information content (AvgIpc) is 0.772. The van der Waals surface area contributed by atoms with Crippen LogP contribution in [0.25, 0.3) is 16.7 Å². The van der Waals surface area contributed by atoms with Gasteiger partial charge in [0.1, 0.15) is 5.60 Å². The van der Waals surface area contributed by atoms with E-state index in [0.29, 0.717) is 71.8 Å². The Labute approximate surface area is 641 Å². The topological polar surface area (TPSA) is 134 Å². The molecule has 17 heteroatoms. The Hall–Kier alpha value is -6.61. The molecule has 1 amide bonds. The minimum absolute atomic E-state index is 0.109. The van der Waals surface area contributed by atoms with Crippen LogP contribution in [0, 0.1) is 17.8 Å². The first-order valence-electron chi connectivity index (χ1n) is 40.4. The second-order valence-electron chi connectivity index (χ2n) is 35.8. The highest BCUT2D eigenvalue weighted by atomic mass is 127. The van der Waals surface area contributed by atoms with Crippen LogP contribution in [0.4, 0.5) is 30.6 Å². The number of rotatable bonds is 16. The highest BCUT2D eigenvalue weighted by molar-refractivity contribution is 14.1. The summed E-state index contributed by atoms with van der Waals surface area (Å²) in [6.07, 6.45) is 26.3. The number of hydrogen-bond donors (Lipinski definition) is 3. The number of hydrogen-bond acceptors (Lipinski definition) is 13. The number of ether oxygens (including phenoxy) is 1. The zero-order chi connectivity index (χ0) is 72.5. The molecule has 14 nitrogen and oxygen atoms in total. The Balaban J connectivity index is 0.000000110. The van der Waals surface area contributed by atoms with Gasteiger partial charge in [0.25, 0.3) is 0 Å². The third kappa shape index (κ3) is 12.7. The van der Waals surface area contributed by atoms with E-state index in [1.54, 1.807) is 33.4 Å². The van der Waals surface area contributed by atoms with Crippen molar-refractivity contribution in [3.8, 4) is 0 Å². The lowest BCUT2D eigenvalue weighted by Gasteiger charge is -2.70. The molecule has 0 spiro atoms. The van der Waals surface area contributed by atoms with Crippen LogP contribution in [-0.4, -0.2) is 158 Å². The number of anilines is 3. The highest BCUT2D eigenvalue weighted by Crippen LogP contribution is 2.68. The number of alkyl halides is 3. The number of alkyl carbamates (subject to hydrolysis) is 1. The van der Waals surface area contributed by atoms with Gasteiger partial charge in [0.05, 0.1) is 90.3 Å². The van der Waals surface area contributed by atoms with Crippen LogP contribution in [0.1, 0.15) is 200 Å². The Bertz CT molecular complexity index is 4330. The summed E-state index contributed by atoms with van der Waals surface area (Å²) in [6, 6.07) is 44.1. The third-order valence-corrected chi connectivity index (χ3v) is 28.2. The van der Waals surface area contributed by atoms with Gasteiger partial charge in [-0.2, -0.15) is 0 Å². The zero-order valence-electron chi connectivity index (χ0n) is 63.2. The summed E-state index contributed by atoms with van der Waals surface area (Å²) >= 11 is 2.15. The van der Waals surface area contributed by atoms with Gasteiger partial charge in [-0.25, -0.2) is 4.79 Å². The maximum atomic E-state index is 12.3. The smallest absolute Gasteiger partial charge is 0.407 e. The Morgan fingerprint density at radius 2 is 0.858 bits per heavy atom. The monoisotopic (exact) mass is 1540 g/mol. The molecule has 9 saturated carbocycles. The predicted molar refractivity (Wildman–Crippen MR) is 430 cm³/mol. The van der Waals surface area contributed by atoms with E-state index < -0.39 is 5.60 Å². The van der Waals surface area contributed by atoms with Crippen molar-refractivity contribution in [3.63, 3.8) is 0 Å². The van der Waals surface area contributed by atoms with E-state index in [4.69, 9.17) is 25.4 Å². The lowest BCUT2D eigenvalue weighted by Crippen LogP contribution is -2.71. The van der Waals surface area contributed by atoms with Crippen LogP contribution in [-0.2, 0) is 24.0 Å². The highest BCUT2D eigenvalue weighted by Gasteiger charge is 2.66. The Kier molecular flexibility index (Phi) is 18.8. The molecule has 18 aliphatic rings. The van der Waals surface area contributed by atoms with E-state index >= 15 is 0 Å². The largest absolute Gasteiger partial charge is 0.444 e. The lowest BCUT2D eigenvalue weighted by molar-refractivity contribution is -0.173. The van der Waals surface area contributed by atoms with E-state index in [1.165, 1.54) is 126 Å². The second kappa shape index (κ2) is 28.1. The maximum absolute atomic E-state index is 12.3. The van der Waals surface area contributed by atoms with Gasteiger partial charge in [0, 0.05) is 90.5 Å². The number of aromatic nitrogens is 3. The molecular weight excluding hydrogens is 1430 g/mol. The number of nitrogens with two attached hydrogens (primary N) is 1. The second-order valence-corrected chi connectivity index (χ2v) is 36.9. The summed E-state index contributed by atoms with van der Waals surface area (Å²) in [4.78, 5) is 43.0. The van der Waals surface area contributed by atoms with Gasteiger partial charge in [-0.05, 0) is 278 Å². The first-order chi connectivity index (χ1) is 51.4. The minimum atomic E-state index is -0.479. The molecule has 12 fully saturated rings. The summed E-state index contributed by atoms with van der Waals surface area (Å²) in [6.45, 7) is 18.8. The number of fused-ring (bicyclic) bond motifs is 6. The van der Waals surface area contributed by atoms with Crippen LogP contribution >= 0.6 is 22.6 Å². The normalized spacial score (nSPS) is 31.2. The van der Waals surface area contributed by atoms with Crippen molar-refractivity contribution in [3.05, 3.63) is 195 Å². The summed E-state index contributed by atoms with van der Waals surface area (Å²) in [5.41, 5.74) is 32.4. The van der Waals surface area contributed by atoms with Gasteiger partial charge < -0.3 is 35.8 Å². The molecule has 0 radical (unpaired) electrons. The molecule has 3 aromatic heterocycles. The summed E-state index contributed by atoms with van der Waals surface area (Å²) in [7, 11) is 0. The standard InChI is InChI=1S/C31H38N4O2.C29H35FN4.C26H30N4.C3H6FI/c1-19-11-25-24-8-6-5-7-21(24)12-26(25)28(35(19)31-13-20(14-31)15-31)27-10-9-23(16-32-27)34-17-22(18-34)33-29(36)37-30(2,3)4;1-19-11-25-24-6-3-2-5-21(24)12-26(25)28(34(19)29-13-20(14-29)15-29)27-8-7-23(16-32-27)33-17-22(18-33)31-10-4-9-30;1-16-8-22-21-5-3-2-4-18(21)9-23(22)25(30(16)26-10-17(11-26)12-26)24-7-6-20(13-28-24)29-14-19(27)15-29;4-2-1-3-5/h5-10,16,19-20,22,28H,11-15,17-18H2,1-4H3,(H,33,36);2-3,5-8,16,19-20,22,28,31H,4,9-15,17-18H2,1H3;2-7,13,16-17,19,25H,8-12,14-15,27H2,1H3;1-3H2/t19-,20?,28+,31?;19-,20?,28+,29?;16-,17?,25+,26?;/m111./s1. The fourth-order valence-electron chi connectivity index (χ4n) is 22.2. The summed E-state index contributed by atoms with van der Waals surface area (Å²) < 4.78 is 29.7. The molecule has 6 bridgehead atoms. The number of benzene rings is 3. The number of carbonyl (C=O) groups is 1. The minimum Gasteiger partial charge on any atom is -0.444 e. The number of nitrogens with zero attached hydrogens (tertiary/aromatic N) is 9. The predicted octanol–water partition coefficient (Wildman–Crippen LogP) is 16.1. The van der Waals surface area contributed by atoms with Gasteiger partial charge in [-0.15, -0.1) is 0 Å². The maximum Gasteiger partial charge on any atom is 0.407 e. The van der Waals surface area contributed by atoms with Gasteiger partial charge in [-0.3, -0.25) is 38.4 Å². The third-order valence-electron chi connectivity index (χ3n) is 27.4. The van der Waals surface area contributed by atoms with E-state index in [2.05, 4.69) is 205 Å². The number of pyridine rings is 3. The fourth-order valence-corrected chi connectivity index (χ4v) is 22.5. The van der Waals surface area contributed by atoms with Crippen molar-refractivity contribution >= 4 is 62.5 Å². The fraction of sp³-hybridized carbons (Fsp3) is 0.551. The van der Waals surface area contributed by atoms with Crippen molar-refractivity contribution in [2.45, 2.75) is 227 Å². The van der Waals surface area contributed by atoms with Gasteiger partial charge in [0.15, 0.2) is 0 Å². The number of nitrogens with one attached hydrogen (secondary N) is 2. The van der Waals surface area contributed by atoms with Crippen molar-refractivity contribution in [1.29, 1.82) is 0 Å². The van der Waals surface area contributed by atoms with Crippen molar-refractivity contribution in [1.82, 2.24) is 40.3 Å². The quantitative estimate of drug-likeness (QED) is 0.0483. The summed E-state index contributed by atoms with van der Waals surface area (Å²) in [5, 5.41) is 6.42. The number of halogens is 3. The number of carbonyl (C=O) groups excluding carboxylic acids is 1. The van der Waals surface area contributed by atoms with Crippen LogP contribution < -0.4 is 31.1 Å². The van der Waals surface area contributed by atoms with Crippen LogP contribution in [0.15, 0.2) is 145 Å². The van der Waals surface area contributed by atoms with E-state index in [0.717, 1.165) is 106 Å². The molecular formula is C89H109F2IN12O2. The van der Waals surface area contributed by atoms with Crippen LogP contribution in [0.2, 0.25) is 0 Å². The van der Waals surface area contributed by atoms with Gasteiger partial charge >= 0.3 is 6.09 Å². The van der Waals surface area contributed by atoms with Crippen molar-refractivity contribution < 1.29 is 18.3 Å². The van der Waals surface area contributed by atoms with Crippen LogP contribution in [0.5, 0.6) is 0 Å². The van der Waals surface area contributed by atoms with E-state index in [-0.39, 0.29) is 31.5 Å². The van der Waals surface area contributed by atoms with Crippen molar-refractivity contribution in [2.24, 2.45) is 23.5 Å². The van der Waals surface area contributed by atoms with Gasteiger partial charge in [0.2, 0.25) is 0 Å². The van der Waals surface area contributed by atoms with E-state index in [1.807, 2.05) is 27.0 Å². The Morgan fingerprint density at radius 1 is 0.509 bits per heavy atom.